The number of rotatable bonds is 4. The van der Waals surface area contributed by atoms with Gasteiger partial charge in [-0.05, 0) is 47.0 Å². The number of aromatic amines is 1. The van der Waals surface area contributed by atoms with Crippen molar-refractivity contribution in [1.29, 1.82) is 0 Å². The number of nitrogens with zero attached hydrogens (tertiary/aromatic N) is 1. The summed E-state index contributed by atoms with van der Waals surface area (Å²) in [6, 6.07) is 14.8. The Morgan fingerprint density at radius 3 is 2.00 bits per heavy atom. The number of fused-ring (bicyclic) bond motifs is 1. The molecule has 0 spiro atoms. The smallest absolute Gasteiger partial charge is 0.406 e. The van der Waals surface area contributed by atoms with E-state index in [0.717, 1.165) is 23.5 Å². The highest BCUT2D eigenvalue weighted by Crippen LogP contribution is 2.36. The maximum atomic E-state index is 13.4. The van der Waals surface area contributed by atoms with Crippen LogP contribution in [0.4, 0.5) is 26.3 Å². The molecular formula is C26H13ClF6N2O3S. The Hall–Kier alpha value is -4.03. The van der Waals surface area contributed by atoms with E-state index < -0.39 is 34.4 Å². The molecule has 0 aliphatic carbocycles. The average Bonchev–Trinajstić information content (AvgIpc) is 3.28. The second-order valence-corrected chi connectivity index (χ2v) is 9.52. The van der Waals surface area contributed by atoms with Crippen molar-refractivity contribution >= 4 is 33.2 Å². The lowest BCUT2D eigenvalue weighted by Gasteiger charge is -2.12. The molecule has 39 heavy (non-hydrogen) atoms. The highest BCUT2D eigenvalue weighted by molar-refractivity contribution is 7.17. The minimum atomic E-state index is -4.80. The number of nitrogens with one attached hydrogen (secondary N) is 1. The minimum absolute atomic E-state index is 0.101. The Bertz CT molecular complexity index is 1800. The van der Waals surface area contributed by atoms with Gasteiger partial charge in [0.2, 0.25) is 0 Å². The van der Waals surface area contributed by atoms with Gasteiger partial charge in [0.1, 0.15) is 10.6 Å². The highest BCUT2D eigenvalue weighted by Gasteiger charge is 2.34. The summed E-state index contributed by atoms with van der Waals surface area (Å²) in [6.45, 7) is 0. The molecule has 3 aromatic carbocycles. The minimum Gasteiger partial charge on any atom is -0.406 e. The van der Waals surface area contributed by atoms with Crippen molar-refractivity contribution in [2.24, 2.45) is 0 Å². The van der Waals surface area contributed by atoms with Gasteiger partial charge in [-0.1, -0.05) is 48.0 Å². The molecular weight excluding hydrogens is 570 g/mol. The Morgan fingerprint density at radius 1 is 0.821 bits per heavy atom. The Morgan fingerprint density at radius 2 is 1.41 bits per heavy atom. The molecule has 0 amide bonds. The normalized spacial score (nSPS) is 12.2. The zero-order chi connectivity index (χ0) is 28.1. The van der Waals surface area contributed by atoms with Crippen LogP contribution in [0.1, 0.15) is 5.56 Å². The van der Waals surface area contributed by atoms with Crippen LogP contribution in [-0.4, -0.2) is 15.9 Å². The van der Waals surface area contributed by atoms with Gasteiger partial charge < -0.3 is 4.74 Å². The monoisotopic (exact) mass is 582 g/mol. The Kier molecular flexibility index (Phi) is 6.55. The number of halogens is 7. The Labute approximate surface area is 223 Å². The fraction of sp³-hybridized carbons (Fsp3) is 0.0769. The van der Waals surface area contributed by atoms with E-state index in [2.05, 4.69) is 9.72 Å². The third-order valence-corrected chi connectivity index (χ3v) is 6.99. The summed E-state index contributed by atoms with van der Waals surface area (Å²) in [6.07, 6.45) is -9.60. The van der Waals surface area contributed by atoms with Crippen LogP contribution < -0.4 is 16.0 Å². The van der Waals surface area contributed by atoms with Gasteiger partial charge in [-0.3, -0.25) is 9.78 Å². The van der Waals surface area contributed by atoms with E-state index in [1.165, 1.54) is 24.3 Å². The largest absolute Gasteiger partial charge is 0.573 e. The van der Waals surface area contributed by atoms with Crippen LogP contribution in [0.2, 0.25) is 5.02 Å². The molecule has 200 valence electrons. The first-order valence-electron chi connectivity index (χ1n) is 10.9. The molecule has 0 radical (unpaired) electrons. The first-order chi connectivity index (χ1) is 18.3. The Balaban J connectivity index is 1.54. The van der Waals surface area contributed by atoms with Gasteiger partial charge in [0.25, 0.3) is 5.56 Å². The van der Waals surface area contributed by atoms with Crippen molar-refractivity contribution in [1.82, 2.24) is 9.55 Å². The fourth-order valence-electron chi connectivity index (χ4n) is 4.03. The first kappa shape index (κ1) is 26.6. The average molecular weight is 583 g/mol. The number of hydrogen-bond acceptors (Lipinski definition) is 4. The fourth-order valence-corrected chi connectivity index (χ4v) is 5.20. The van der Waals surface area contributed by atoms with E-state index in [0.29, 0.717) is 32.9 Å². The molecule has 0 bridgehead atoms. The van der Waals surface area contributed by atoms with Crippen LogP contribution in [-0.2, 0) is 6.18 Å². The van der Waals surface area contributed by atoms with Crippen molar-refractivity contribution in [3.8, 4) is 33.7 Å². The van der Waals surface area contributed by atoms with Crippen molar-refractivity contribution < 1.29 is 31.1 Å². The SMILES string of the molecule is O=c1[nH]c2scc(-c3ccc(-c4ccc(OC(F)(F)F)cc4)cc3)c2c(=O)n1-c1ccc(Cl)c(C(F)(F)F)c1. The second kappa shape index (κ2) is 9.62. The molecule has 0 saturated heterocycles. The molecule has 13 heteroatoms. The van der Waals surface area contributed by atoms with Gasteiger partial charge in [-0.2, -0.15) is 13.2 Å². The van der Waals surface area contributed by atoms with E-state index in [1.54, 1.807) is 29.6 Å². The lowest BCUT2D eigenvalue weighted by atomic mass is 10.0. The van der Waals surface area contributed by atoms with Gasteiger partial charge in [0.05, 0.1) is 21.7 Å². The molecule has 0 fully saturated rings. The van der Waals surface area contributed by atoms with E-state index in [9.17, 15) is 35.9 Å². The molecule has 0 aliphatic rings. The summed E-state index contributed by atoms with van der Waals surface area (Å²) in [7, 11) is 0. The van der Waals surface area contributed by atoms with Crippen LogP contribution in [0.15, 0.2) is 81.7 Å². The predicted molar refractivity (Wildman–Crippen MR) is 136 cm³/mol. The highest BCUT2D eigenvalue weighted by atomic mass is 35.5. The van der Waals surface area contributed by atoms with E-state index in [4.69, 9.17) is 11.6 Å². The van der Waals surface area contributed by atoms with Crippen molar-refractivity contribution in [2.45, 2.75) is 12.5 Å². The lowest BCUT2D eigenvalue weighted by Crippen LogP contribution is -2.33. The molecule has 0 atom stereocenters. The quantitative estimate of drug-likeness (QED) is 0.221. The summed E-state index contributed by atoms with van der Waals surface area (Å²) in [5, 5.41) is 1.16. The number of ether oxygens (including phenoxy) is 1. The number of alkyl halides is 6. The van der Waals surface area contributed by atoms with Crippen LogP contribution >= 0.6 is 22.9 Å². The molecule has 0 aliphatic heterocycles. The molecule has 5 nitrogen and oxygen atoms in total. The number of hydrogen-bond donors (Lipinski definition) is 1. The van der Waals surface area contributed by atoms with Crippen molar-refractivity contribution in [3.05, 3.63) is 104 Å². The molecule has 2 aromatic heterocycles. The summed E-state index contributed by atoms with van der Waals surface area (Å²) >= 11 is 6.76. The topological polar surface area (TPSA) is 64.1 Å². The van der Waals surface area contributed by atoms with E-state index in [-0.39, 0.29) is 21.7 Å². The molecule has 1 N–H and O–H groups in total. The summed E-state index contributed by atoms with van der Waals surface area (Å²) < 4.78 is 81.8. The molecule has 5 aromatic rings. The third-order valence-electron chi connectivity index (χ3n) is 5.76. The van der Waals surface area contributed by atoms with Gasteiger partial charge >= 0.3 is 18.2 Å². The maximum Gasteiger partial charge on any atom is 0.573 e. The molecule has 2 heterocycles. The van der Waals surface area contributed by atoms with Crippen LogP contribution in [0.3, 0.4) is 0 Å². The van der Waals surface area contributed by atoms with Gasteiger partial charge in [0.15, 0.2) is 0 Å². The van der Waals surface area contributed by atoms with Crippen LogP contribution in [0, 0.1) is 0 Å². The zero-order valence-electron chi connectivity index (χ0n) is 19.2. The predicted octanol–water partition coefficient (Wildman–Crippen LogP) is 7.65. The first-order valence-corrected chi connectivity index (χ1v) is 12.2. The van der Waals surface area contributed by atoms with Gasteiger partial charge in [0, 0.05) is 10.9 Å². The zero-order valence-corrected chi connectivity index (χ0v) is 20.7. The van der Waals surface area contributed by atoms with Crippen molar-refractivity contribution in [3.63, 3.8) is 0 Å². The number of benzene rings is 3. The summed E-state index contributed by atoms with van der Waals surface area (Å²) in [4.78, 5) is 28.9. The lowest BCUT2D eigenvalue weighted by molar-refractivity contribution is -0.274. The standard InChI is InChI=1S/C26H13ClF6N2O3S/c27-20-10-7-16(11-19(20)25(28,29)30)35-23(36)21-18(12-39-22(21)34-24(35)37)15-3-1-13(2-4-15)14-5-8-17(9-6-14)38-26(31,32)33/h1-12H,(H,34,37). The number of H-pyrrole nitrogens is 1. The second-order valence-electron chi connectivity index (χ2n) is 8.24. The third kappa shape index (κ3) is 5.30. The number of aromatic nitrogens is 2. The van der Waals surface area contributed by atoms with Crippen molar-refractivity contribution in [2.75, 3.05) is 0 Å². The molecule has 0 unspecified atom stereocenters. The number of thiophene rings is 1. The van der Waals surface area contributed by atoms with Gasteiger partial charge in [-0.15, -0.1) is 24.5 Å². The summed E-state index contributed by atoms with van der Waals surface area (Å²) in [5.41, 5.74) is -0.920. The van der Waals surface area contributed by atoms with E-state index >= 15 is 0 Å². The molecule has 5 rings (SSSR count). The van der Waals surface area contributed by atoms with E-state index in [1.807, 2.05) is 0 Å². The van der Waals surface area contributed by atoms with Crippen LogP contribution in [0.5, 0.6) is 5.75 Å². The maximum absolute atomic E-state index is 13.4. The van der Waals surface area contributed by atoms with Gasteiger partial charge in [-0.25, -0.2) is 9.36 Å². The summed E-state index contributed by atoms with van der Waals surface area (Å²) in [5.74, 6) is -0.360. The van der Waals surface area contributed by atoms with Crippen LogP contribution in [0.25, 0.3) is 38.2 Å². The molecule has 0 saturated carbocycles.